The Kier molecular flexibility index (Phi) is 9.17. The molecule has 0 spiro atoms. The second-order valence-corrected chi connectivity index (χ2v) is 7.11. The van der Waals surface area contributed by atoms with Crippen LogP contribution < -0.4 is 27.8 Å². The molecular weight excluding hydrogens is 400 g/mol. The third kappa shape index (κ3) is 7.31. The summed E-state index contributed by atoms with van der Waals surface area (Å²) >= 11 is 0. The molecule has 1 fully saturated rings. The van der Waals surface area contributed by atoms with E-state index >= 15 is 0 Å². The summed E-state index contributed by atoms with van der Waals surface area (Å²) in [5, 5.41) is 13.8. The van der Waals surface area contributed by atoms with Gasteiger partial charge in [0.25, 0.3) is 0 Å². The van der Waals surface area contributed by atoms with Gasteiger partial charge in [0.05, 0.1) is 12.5 Å². The zero-order valence-electron chi connectivity index (χ0n) is 16.6. The maximum atomic E-state index is 13.0. The molecule has 1 aliphatic heterocycles. The molecule has 30 heavy (non-hydrogen) atoms. The number of carbonyl (C=O) groups is 6. The maximum absolute atomic E-state index is 13.0. The van der Waals surface area contributed by atoms with E-state index in [1.54, 1.807) is 0 Å². The molecule has 1 saturated heterocycles. The van der Waals surface area contributed by atoms with E-state index in [0.29, 0.717) is 6.42 Å². The molecular formula is C17H28N6O7. The average Bonchev–Trinajstić information content (AvgIpc) is 3.12. The van der Waals surface area contributed by atoms with Gasteiger partial charge >= 0.3 is 5.97 Å². The molecule has 9 N–H and O–H groups in total. The van der Waals surface area contributed by atoms with Gasteiger partial charge in [0.1, 0.15) is 18.1 Å². The third-order valence-corrected chi connectivity index (χ3v) is 4.57. The molecule has 1 heterocycles. The number of carboxylic acids is 1. The summed E-state index contributed by atoms with van der Waals surface area (Å²) in [5.74, 6) is -5.03. The molecule has 4 unspecified atom stereocenters. The number of primary amides is 2. The van der Waals surface area contributed by atoms with Crippen LogP contribution in [-0.2, 0) is 28.8 Å². The number of likely N-dealkylation sites (tertiary alicyclic amines) is 1. The summed E-state index contributed by atoms with van der Waals surface area (Å²) in [6.07, 6.45) is -0.157. The van der Waals surface area contributed by atoms with Gasteiger partial charge < -0.3 is 37.8 Å². The second-order valence-electron chi connectivity index (χ2n) is 7.11. The van der Waals surface area contributed by atoms with Gasteiger partial charge in [0.2, 0.25) is 29.5 Å². The van der Waals surface area contributed by atoms with Gasteiger partial charge in [-0.3, -0.25) is 24.0 Å². The smallest absolute Gasteiger partial charge is 0.326 e. The number of rotatable bonds is 11. The van der Waals surface area contributed by atoms with E-state index in [2.05, 4.69) is 10.6 Å². The van der Waals surface area contributed by atoms with E-state index in [4.69, 9.17) is 22.3 Å². The van der Waals surface area contributed by atoms with Crippen molar-refractivity contribution in [2.45, 2.75) is 63.2 Å². The normalized spacial score (nSPS) is 18.7. The van der Waals surface area contributed by atoms with E-state index in [0.717, 1.165) is 0 Å². The number of nitrogens with two attached hydrogens (primary N) is 3. The van der Waals surface area contributed by atoms with Crippen molar-refractivity contribution in [1.29, 1.82) is 0 Å². The summed E-state index contributed by atoms with van der Waals surface area (Å²) in [4.78, 5) is 72.1. The van der Waals surface area contributed by atoms with Crippen LogP contribution in [0.1, 0.15) is 39.0 Å². The molecule has 13 nitrogen and oxygen atoms in total. The Balaban J connectivity index is 2.95. The summed E-state index contributed by atoms with van der Waals surface area (Å²) in [6.45, 7) is 1.60. The highest BCUT2D eigenvalue weighted by molar-refractivity contribution is 5.95. The number of carbonyl (C=O) groups excluding carboxylic acids is 5. The predicted molar refractivity (Wildman–Crippen MR) is 102 cm³/mol. The van der Waals surface area contributed by atoms with Gasteiger partial charge in [0, 0.05) is 13.0 Å². The number of carboxylic acid groups (broad SMARTS) is 1. The summed E-state index contributed by atoms with van der Waals surface area (Å²) < 4.78 is 0. The van der Waals surface area contributed by atoms with Gasteiger partial charge in [-0.1, -0.05) is 0 Å². The molecule has 168 valence electrons. The fourth-order valence-corrected chi connectivity index (χ4v) is 3.02. The lowest BCUT2D eigenvalue weighted by Crippen LogP contribution is -2.56. The highest BCUT2D eigenvalue weighted by atomic mass is 16.4. The van der Waals surface area contributed by atoms with Crippen molar-refractivity contribution in [2.75, 3.05) is 6.54 Å². The quantitative estimate of drug-likeness (QED) is 0.193. The molecule has 0 aliphatic carbocycles. The Morgan fingerprint density at radius 3 is 2.20 bits per heavy atom. The van der Waals surface area contributed by atoms with Gasteiger partial charge in [-0.15, -0.1) is 0 Å². The topological polar surface area (TPSA) is 228 Å². The minimum absolute atomic E-state index is 0.0864. The number of hydrogen-bond acceptors (Lipinski definition) is 7. The first kappa shape index (κ1) is 24.8. The number of amides is 5. The second kappa shape index (κ2) is 11.1. The van der Waals surface area contributed by atoms with Crippen molar-refractivity contribution >= 4 is 35.5 Å². The van der Waals surface area contributed by atoms with Crippen LogP contribution in [0.3, 0.4) is 0 Å². The van der Waals surface area contributed by atoms with Crippen LogP contribution in [0.4, 0.5) is 0 Å². The highest BCUT2D eigenvalue weighted by Gasteiger charge is 2.39. The SMILES string of the molecule is CC(N)C(=O)NC(CCC(N)=O)C(=O)N1CCCC1C(=O)NC(CC(N)=O)C(=O)O. The first-order chi connectivity index (χ1) is 13.9. The Hall–Kier alpha value is -3.22. The molecule has 0 radical (unpaired) electrons. The van der Waals surface area contributed by atoms with Gasteiger partial charge in [0.15, 0.2) is 0 Å². The van der Waals surface area contributed by atoms with Crippen LogP contribution >= 0.6 is 0 Å². The fourth-order valence-electron chi connectivity index (χ4n) is 3.02. The van der Waals surface area contributed by atoms with Crippen LogP contribution in [0, 0.1) is 0 Å². The monoisotopic (exact) mass is 428 g/mol. The van der Waals surface area contributed by atoms with E-state index in [1.165, 1.54) is 11.8 Å². The Morgan fingerprint density at radius 2 is 1.70 bits per heavy atom. The zero-order chi connectivity index (χ0) is 23.0. The van der Waals surface area contributed by atoms with Crippen LogP contribution in [-0.4, -0.2) is 76.2 Å². The highest BCUT2D eigenvalue weighted by Crippen LogP contribution is 2.20. The molecule has 1 rings (SSSR count). The standard InChI is InChI=1S/C17H28N6O7/c1-8(18)14(26)21-9(4-5-12(19)24)16(28)23-6-2-3-11(23)15(27)22-10(17(29)30)7-13(20)25/h8-11H,2-7,18H2,1H3,(H2,19,24)(H2,20,25)(H,21,26)(H,22,27)(H,29,30). The van der Waals surface area contributed by atoms with Gasteiger partial charge in [-0.2, -0.15) is 0 Å². The van der Waals surface area contributed by atoms with Gasteiger partial charge in [-0.25, -0.2) is 4.79 Å². The third-order valence-electron chi connectivity index (χ3n) is 4.57. The maximum Gasteiger partial charge on any atom is 0.326 e. The molecule has 0 saturated carbocycles. The van der Waals surface area contributed by atoms with Gasteiger partial charge in [-0.05, 0) is 26.2 Å². The molecule has 1 aliphatic rings. The number of nitrogens with zero attached hydrogens (tertiary/aromatic N) is 1. The molecule has 13 heteroatoms. The lowest BCUT2D eigenvalue weighted by molar-refractivity contribution is -0.146. The van der Waals surface area contributed by atoms with E-state index in [9.17, 15) is 28.8 Å². The van der Waals surface area contributed by atoms with Crippen molar-refractivity contribution in [3.05, 3.63) is 0 Å². The predicted octanol–water partition coefficient (Wildman–Crippen LogP) is -3.48. The fraction of sp³-hybridized carbons (Fsp3) is 0.647. The van der Waals surface area contributed by atoms with E-state index in [1.807, 2.05) is 0 Å². The first-order valence-corrected chi connectivity index (χ1v) is 9.40. The minimum atomic E-state index is -1.53. The summed E-state index contributed by atoms with van der Waals surface area (Å²) in [5.41, 5.74) is 15.6. The number of nitrogens with one attached hydrogen (secondary N) is 2. The Morgan fingerprint density at radius 1 is 1.07 bits per heavy atom. The number of aliphatic carboxylic acids is 1. The Labute approximate surface area is 172 Å². The average molecular weight is 428 g/mol. The molecule has 0 aromatic rings. The number of hydrogen-bond donors (Lipinski definition) is 6. The lowest BCUT2D eigenvalue weighted by atomic mass is 10.1. The van der Waals surface area contributed by atoms with Crippen LogP contribution in [0.15, 0.2) is 0 Å². The Bertz CT molecular complexity index is 711. The van der Waals surface area contributed by atoms with Crippen molar-refractivity contribution < 1.29 is 33.9 Å². The summed E-state index contributed by atoms with van der Waals surface area (Å²) in [7, 11) is 0. The molecule has 0 aromatic heterocycles. The van der Waals surface area contributed by atoms with Crippen LogP contribution in [0.2, 0.25) is 0 Å². The molecule has 5 amide bonds. The van der Waals surface area contributed by atoms with Crippen LogP contribution in [0.5, 0.6) is 0 Å². The minimum Gasteiger partial charge on any atom is -0.480 e. The molecule has 0 aromatic carbocycles. The molecule has 0 bridgehead atoms. The van der Waals surface area contributed by atoms with Crippen molar-refractivity contribution in [1.82, 2.24) is 15.5 Å². The summed E-state index contributed by atoms with van der Waals surface area (Å²) in [6, 6.07) is -4.58. The molecule has 4 atom stereocenters. The van der Waals surface area contributed by atoms with Crippen LogP contribution in [0.25, 0.3) is 0 Å². The van der Waals surface area contributed by atoms with Crippen molar-refractivity contribution in [3.8, 4) is 0 Å². The first-order valence-electron chi connectivity index (χ1n) is 9.40. The largest absolute Gasteiger partial charge is 0.480 e. The lowest BCUT2D eigenvalue weighted by Gasteiger charge is -2.29. The van der Waals surface area contributed by atoms with Crippen molar-refractivity contribution in [3.63, 3.8) is 0 Å². The van der Waals surface area contributed by atoms with Crippen molar-refractivity contribution in [2.24, 2.45) is 17.2 Å². The zero-order valence-corrected chi connectivity index (χ0v) is 16.6. The van der Waals surface area contributed by atoms with E-state index in [-0.39, 0.29) is 25.8 Å². The van der Waals surface area contributed by atoms with E-state index < -0.39 is 66.1 Å².